The minimum atomic E-state index is -3.48. The molecular weight excluding hydrogens is 290 g/mol. The molecule has 0 fully saturated rings. The number of guanidine groups is 1. The summed E-state index contributed by atoms with van der Waals surface area (Å²) in [6.07, 6.45) is 5.44. The summed E-state index contributed by atoms with van der Waals surface area (Å²) in [6, 6.07) is 2.95. The molecule has 0 aromatic heterocycles. The summed E-state index contributed by atoms with van der Waals surface area (Å²) in [7, 11) is -3.48. The molecule has 0 saturated carbocycles. The van der Waals surface area contributed by atoms with Gasteiger partial charge in [-0.15, -0.1) is 0 Å². The number of sulfone groups is 1. The number of benzene rings is 1. The molecule has 0 saturated heterocycles. The molecule has 7 heteroatoms. The van der Waals surface area contributed by atoms with Crippen molar-refractivity contribution in [2.45, 2.75) is 25.2 Å². The number of aliphatic imine (C=N–C) groups is 1. The number of nitrogens with zero attached hydrogens (tertiary/aromatic N) is 1. The number of aryl methyl sites for hydroxylation is 1. The lowest BCUT2D eigenvalue weighted by Gasteiger charge is -2.09. The van der Waals surface area contributed by atoms with Crippen LogP contribution in [0.4, 0.5) is 0 Å². The molecule has 1 aromatic carbocycles. The molecule has 1 rings (SSSR count). The van der Waals surface area contributed by atoms with Gasteiger partial charge in [0.25, 0.3) is 5.91 Å². The number of rotatable bonds is 4. The first-order valence-electron chi connectivity index (χ1n) is 6.32. The minimum absolute atomic E-state index is 0.0759. The summed E-state index contributed by atoms with van der Waals surface area (Å²) in [5, 5.41) is 0. The molecular formula is C14H19N3O3S. The predicted molar refractivity (Wildman–Crippen MR) is 83.8 cm³/mol. The average molecular weight is 309 g/mol. The molecule has 0 aliphatic carbocycles. The molecule has 6 nitrogen and oxygen atoms in total. The van der Waals surface area contributed by atoms with Crippen molar-refractivity contribution in [3.63, 3.8) is 0 Å². The third-order valence-electron chi connectivity index (χ3n) is 2.75. The molecule has 0 unspecified atom stereocenters. The van der Waals surface area contributed by atoms with E-state index in [-0.39, 0.29) is 16.4 Å². The SMILES string of the molecule is CC/C=C/c1cc(C)c(C(=O)N=C(N)N)cc1S(C)(=O)=O. The van der Waals surface area contributed by atoms with Crippen LogP contribution in [0, 0.1) is 6.92 Å². The first-order valence-corrected chi connectivity index (χ1v) is 8.21. The van der Waals surface area contributed by atoms with E-state index in [0.717, 1.165) is 12.7 Å². The molecule has 1 amide bonds. The Balaban J connectivity index is 3.56. The van der Waals surface area contributed by atoms with E-state index in [4.69, 9.17) is 11.5 Å². The zero-order chi connectivity index (χ0) is 16.2. The topological polar surface area (TPSA) is 116 Å². The lowest BCUT2D eigenvalue weighted by Crippen LogP contribution is -2.24. The Morgan fingerprint density at radius 2 is 1.95 bits per heavy atom. The van der Waals surface area contributed by atoms with Gasteiger partial charge in [0.15, 0.2) is 15.8 Å². The number of hydrogen-bond donors (Lipinski definition) is 2. The molecule has 1 aromatic rings. The lowest BCUT2D eigenvalue weighted by molar-refractivity contribution is 0.100. The van der Waals surface area contributed by atoms with E-state index in [9.17, 15) is 13.2 Å². The maximum atomic E-state index is 11.9. The van der Waals surface area contributed by atoms with Crippen LogP contribution in [0.3, 0.4) is 0 Å². The summed E-state index contributed by atoms with van der Waals surface area (Å²) in [5.41, 5.74) is 11.7. The Morgan fingerprint density at radius 3 is 2.43 bits per heavy atom. The summed E-state index contributed by atoms with van der Waals surface area (Å²) >= 11 is 0. The second kappa shape index (κ2) is 6.53. The Morgan fingerprint density at radius 1 is 1.33 bits per heavy atom. The van der Waals surface area contributed by atoms with Crippen molar-refractivity contribution in [3.05, 3.63) is 34.9 Å². The molecule has 4 N–H and O–H groups in total. The minimum Gasteiger partial charge on any atom is -0.370 e. The second-order valence-corrected chi connectivity index (χ2v) is 6.61. The van der Waals surface area contributed by atoms with Gasteiger partial charge < -0.3 is 11.5 Å². The standard InChI is InChI=1S/C14H19N3O3S/c1-4-5-6-10-7-9(2)11(13(18)17-14(15)16)8-12(10)21(3,19)20/h5-8H,4H2,1-3H3,(H4,15,16,17,18)/b6-5+. The maximum Gasteiger partial charge on any atom is 0.280 e. The summed E-state index contributed by atoms with van der Waals surface area (Å²) < 4.78 is 23.8. The fraction of sp³-hybridized carbons (Fsp3) is 0.286. The molecule has 0 heterocycles. The number of carbonyl (C=O) groups excluding carboxylic acids is 1. The normalized spacial score (nSPS) is 11.6. The molecule has 0 spiro atoms. The van der Waals surface area contributed by atoms with Gasteiger partial charge in [0.05, 0.1) is 4.90 Å². The summed E-state index contributed by atoms with van der Waals surface area (Å²) in [5.74, 6) is -1.03. The fourth-order valence-electron chi connectivity index (χ4n) is 1.81. The van der Waals surface area contributed by atoms with Crippen LogP contribution in [-0.2, 0) is 9.84 Å². The molecule has 0 atom stereocenters. The van der Waals surface area contributed by atoms with Gasteiger partial charge in [-0.25, -0.2) is 8.42 Å². The Bertz CT molecular complexity index is 715. The third-order valence-corrected chi connectivity index (χ3v) is 3.90. The van der Waals surface area contributed by atoms with Gasteiger partial charge in [-0.2, -0.15) is 4.99 Å². The van der Waals surface area contributed by atoms with Crippen LogP contribution in [0.1, 0.15) is 34.8 Å². The van der Waals surface area contributed by atoms with Crippen LogP contribution < -0.4 is 11.5 Å². The van der Waals surface area contributed by atoms with Crippen molar-refractivity contribution < 1.29 is 13.2 Å². The van der Waals surface area contributed by atoms with Crippen LogP contribution in [0.25, 0.3) is 6.08 Å². The summed E-state index contributed by atoms with van der Waals surface area (Å²) in [6.45, 7) is 3.64. The van der Waals surface area contributed by atoms with Crippen molar-refractivity contribution in [2.75, 3.05) is 6.26 Å². The highest BCUT2D eigenvalue weighted by Crippen LogP contribution is 2.23. The molecule has 21 heavy (non-hydrogen) atoms. The van der Waals surface area contributed by atoms with Gasteiger partial charge in [-0.1, -0.05) is 19.1 Å². The molecule has 114 valence electrons. The van der Waals surface area contributed by atoms with E-state index in [1.165, 1.54) is 6.07 Å². The Labute approximate surface area is 124 Å². The Hall–Kier alpha value is -2.15. The highest BCUT2D eigenvalue weighted by Gasteiger charge is 2.18. The maximum absolute atomic E-state index is 11.9. The number of amides is 1. The van der Waals surface area contributed by atoms with Crippen molar-refractivity contribution >= 4 is 27.8 Å². The highest BCUT2D eigenvalue weighted by atomic mass is 32.2. The average Bonchev–Trinajstić information content (AvgIpc) is 2.33. The summed E-state index contributed by atoms with van der Waals surface area (Å²) in [4.78, 5) is 15.4. The van der Waals surface area contributed by atoms with Crippen molar-refractivity contribution in [2.24, 2.45) is 16.5 Å². The number of nitrogens with two attached hydrogens (primary N) is 2. The molecule has 0 aliphatic heterocycles. The van der Waals surface area contributed by atoms with Gasteiger partial charge >= 0.3 is 0 Å². The van der Waals surface area contributed by atoms with Gasteiger partial charge in [-0.05, 0) is 36.6 Å². The predicted octanol–water partition coefficient (Wildman–Crippen LogP) is 1.24. The van der Waals surface area contributed by atoms with E-state index in [2.05, 4.69) is 4.99 Å². The second-order valence-electron chi connectivity index (χ2n) is 4.63. The van der Waals surface area contributed by atoms with E-state index >= 15 is 0 Å². The quantitative estimate of drug-likeness (QED) is 0.641. The zero-order valence-electron chi connectivity index (χ0n) is 12.3. The van der Waals surface area contributed by atoms with Crippen LogP contribution in [0.15, 0.2) is 28.1 Å². The lowest BCUT2D eigenvalue weighted by atomic mass is 10.0. The van der Waals surface area contributed by atoms with Crippen molar-refractivity contribution in [1.29, 1.82) is 0 Å². The fourth-order valence-corrected chi connectivity index (χ4v) is 2.70. The van der Waals surface area contributed by atoms with Crippen LogP contribution in [0.2, 0.25) is 0 Å². The smallest absolute Gasteiger partial charge is 0.280 e. The van der Waals surface area contributed by atoms with Crippen LogP contribution in [0.5, 0.6) is 0 Å². The third kappa shape index (κ3) is 4.42. The molecule has 0 radical (unpaired) electrons. The van der Waals surface area contributed by atoms with E-state index in [1.54, 1.807) is 19.1 Å². The van der Waals surface area contributed by atoms with Crippen LogP contribution >= 0.6 is 0 Å². The zero-order valence-corrected chi connectivity index (χ0v) is 13.1. The van der Waals surface area contributed by atoms with Crippen molar-refractivity contribution in [3.8, 4) is 0 Å². The highest BCUT2D eigenvalue weighted by molar-refractivity contribution is 7.90. The largest absolute Gasteiger partial charge is 0.370 e. The van der Waals surface area contributed by atoms with Gasteiger partial charge in [0.2, 0.25) is 0 Å². The monoisotopic (exact) mass is 309 g/mol. The first kappa shape index (κ1) is 16.9. The first-order chi connectivity index (χ1) is 9.66. The van der Waals surface area contributed by atoms with Crippen LogP contribution in [-0.4, -0.2) is 26.5 Å². The molecule has 0 aliphatic rings. The van der Waals surface area contributed by atoms with E-state index in [1.807, 2.05) is 13.0 Å². The Kier molecular flexibility index (Phi) is 5.26. The number of hydrogen-bond acceptors (Lipinski definition) is 3. The van der Waals surface area contributed by atoms with E-state index in [0.29, 0.717) is 11.1 Å². The molecule has 0 bridgehead atoms. The van der Waals surface area contributed by atoms with E-state index < -0.39 is 15.7 Å². The number of carbonyl (C=O) groups is 1. The number of allylic oxidation sites excluding steroid dienone is 1. The van der Waals surface area contributed by atoms with Gasteiger partial charge in [0, 0.05) is 11.8 Å². The van der Waals surface area contributed by atoms with Crippen molar-refractivity contribution in [1.82, 2.24) is 0 Å². The van der Waals surface area contributed by atoms with Gasteiger partial charge in [0.1, 0.15) is 0 Å². The van der Waals surface area contributed by atoms with Gasteiger partial charge in [-0.3, -0.25) is 4.79 Å².